The van der Waals surface area contributed by atoms with Crippen molar-refractivity contribution in [2.24, 2.45) is 5.92 Å². The van der Waals surface area contributed by atoms with Crippen LogP contribution in [0.15, 0.2) is 30.3 Å². The second kappa shape index (κ2) is 9.00. The average Bonchev–Trinajstić information content (AvgIpc) is 2.20. The molecule has 0 aliphatic heterocycles. The molecule has 0 N–H and O–H groups in total. The SMILES string of the molecule is COCO[CH-][C@@H](C)Cc1ccccc1.[Li+]. The molecular formula is C12H17LiO2. The Morgan fingerprint density at radius 1 is 1.27 bits per heavy atom. The second-order valence-electron chi connectivity index (χ2n) is 3.38. The van der Waals surface area contributed by atoms with E-state index in [1.54, 1.807) is 7.11 Å². The van der Waals surface area contributed by atoms with Gasteiger partial charge in [0.15, 0.2) is 0 Å². The molecule has 0 radical (unpaired) electrons. The summed E-state index contributed by atoms with van der Waals surface area (Å²) >= 11 is 0. The molecule has 0 aliphatic rings. The van der Waals surface area contributed by atoms with Gasteiger partial charge in [-0.1, -0.05) is 49.2 Å². The molecule has 0 unspecified atom stereocenters. The third-order valence-electron chi connectivity index (χ3n) is 1.91. The minimum absolute atomic E-state index is 0. The molecule has 0 spiro atoms. The molecule has 0 saturated carbocycles. The van der Waals surface area contributed by atoms with E-state index < -0.39 is 0 Å². The van der Waals surface area contributed by atoms with E-state index in [2.05, 4.69) is 31.2 Å². The summed E-state index contributed by atoms with van der Waals surface area (Å²) in [6.07, 6.45) is 1.00. The fourth-order valence-electron chi connectivity index (χ4n) is 1.31. The van der Waals surface area contributed by atoms with E-state index in [1.807, 2.05) is 12.7 Å². The molecule has 15 heavy (non-hydrogen) atoms. The maximum Gasteiger partial charge on any atom is 1.00 e. The van der Waals surface area contributed by atoms with E-state index in [0.29, 0.717) is 12.7 Å². The normalized spacial score (nSPS) is 11.9. The predicted molar refractivity (Wildman–Crippen MR) is 56.6 cm³/mol. The molecule has 0 amide bonds. The Bertz CT molecular complexity index is 239. The van der Waals surface area contributed by atoms with Crippen LogP contribution in [0, 0.1) is 12.5 Å². The van der Waals surface area contributed by atoms with E-state index in [1.165, 1.54) is 5.56 Å². The van der Waals surface area contributed by atoms with Gasteiger partial charge in [-0.25, -0.2) is 6.61 Å². The average molecular weight is 200 g/mol. The topological polar surface area (TPSA) is 18.5 Å². The van der Waals surface area contributed by atoms with E-state index in [-0.39, 0.29) is 18.9 Å². The van der Waals surface area contributed by atoms with Crippen molar-refractivity contribution in [2.45, 2.75) is 13.3 Å². The Morgan fingerprint density at radius 2 is 1.93 bits per heavy atom. The largest absolute Gasteiger partial charge is 1.00 e. The minimum atomic E-state index is 0. The Hall–Kier alpha value is -0.263. The quantitative estimate of drug-likeness (QED) is 0.270. The van der Waals surface area contributed by atoms with Crippen molar-refractivity contribution >= 4 is 0 Å². The van der Waals surface area contributed by atoms with Gasteiger partial charge in [-0.3, -0.25) is 0 Å². The van der Waals surface area contributed by atoms with Crippen molar-refractivity contribution in [2.75, 3.05) is 13.9 Å². The summed E-state index contributed by atoms with van der Waals surface area (Å²) in [5.74, 6) is 0.410. The molecule has 0 aromatic heterocycles. The molecule has 0 aliphatic carbocycles. The second-order valence-corrected chi connectivity index (χ2v) is 3.38. The Kier molecular flexibility index (Phi) is 8.84. The molecule has 0 fully saturated rings. The molecule has 0 bridgehead atoms. The van der Waals surface area contributed by atoms with Crippen LogP contribution >= 0.6 is 0 Å². The summed E-state index contributed by atoms with van der Waals surface area (Å²) < 4.78 is 9.96. The van der Waals surface area contributed by atoms with Crippen LogP contribution in [0.25, 0.3) is 0 Å². The fourth-order valence-corrected chi connectivity index (χ4v) is 1.31. The first-order valence-electron chi connectivity index (χ1n) is 4.80. The Balaban J connectivity index is 0.00000196. The molecule has 1 rings (SSSR count). The van der Waals surface area contributed by atoms with Crippen molar-refractivity contribution in [3.05, 3.63) is 42.5 Å². The summed E-state index contributed by atoms with van der Waals surface area (Å²) in [7, 11) is 1.62. The van der Waals surface area contributed by atoms with Crippen LogP contribution in [-0.2, 0) is 15.9 Å². The van der Waals surface area contributed by atoms with Gasteiger partial charge >= 0.3 is 18.9 Å². The Morgan fingerprint density at radius 3 is 2.53 bits per heavy atom. The van der Waals surface area contributed by atoms with Crippen LogP contribution in [0.4, 0.5) is 0 Å². The van der Waals surface area contributed by atoms with Gasteiger partial charge in [-0.2, -0.15) is 0 Å². The summed E-state index contributed by atoms with van der Waals surface area (Å²) in [5, 5.41) is 0. The summed E-state index contributed by atoms with van der Waals surface area (Å²) in [5.41, 5.74) is 1.33. The zero-order valence-electron chi connectivity index (χ0n) is 9.77. The summed E-state index contributed by atoms with van der Waals surface area (Å²) in [6.45, 7) is 4.29. The molecule has 78 valence electrons. The van der Waals surface area contributed by atoms with Gasteiger partial charge in [0.2, 0.25) is 0 Å². The van der Waals surface area contributed by atoms with Crippen molar-refractivity contribution in [3.63, 3.8) is 0 Å². The number of hydrogen-bond donors (Lipinski definition) is 0. The first-order chi connectivity index (χ1) is 6.83. The zero-order valence-corrected chi connectivity index (χ0v) is 9.77. The van der Waals surface area contributed by atoms with E-state index in [9.17, 15) is 0 Å². The van der Waals surface area contributed by atoms with Crippen LogP contribution in [0.1, 0.15) is 12.5 Å². The monoisotopic (exact) mass is 200 g/mol. The van der Waals surface area contributed by atoms with Gasteiger partial charge in [0.05, 0.1) is 0 Å². The first-order valence-corrected chi connectivity index (χ1v) is 4.80. The number of ether oxygens (including phenoxy) is 2. The van der Waals surface area contributed by atoms with Gasteiger partial charge in [-0.15, -0.1) is 5.92 Å². The van der Waals surface area contributed by atoms with Gasteiger partial charge < -0.3 is 9.47 Å². The number of hydrogen-bond acceptors (Lipinski definition) is 2. The van der Waals surface area contributed by atoms with E-state index in [0.717, 1.165) is 6.42 Å². The third kappa shape index (κ3) is 6.76. The standard InChI is InChI=1S/C12H17O2.Li/c1-11(9-14-10-13-2)8-12-6-4-3-5-7-12;/h3-7,9,11H,8,10H2,1-2H3;/q-1;+1/t11-;/m0./s1. The van der Waals surface area contributed by atoms with Crippen molar-refractivity contribution in [3.8, 4) is 0 Å². The number of rotatable bonds is 6. The molecule has 2 nitrogen and oxygen atoms in total. The molecule has 1 aromatic rings. The van der Waals surface area contributed by atoms with Gasteiger partial charge in [0.1, 0.15) is 6.79 Å². The summed E-state index contributed by atoms with van der Waals surface area (Å²) in [6, 6.07) is 10.4. The molecular weight excluding hydrogens is 183 g/mol. The third-order valence-corrected chi connectivity index (χ3v) is 1.91. The van der Waals surface area contributed by atoms with Crippen molar-refractivity contribution in [1.82, 2.24) is 0 Å². The number of benzene rings is 1. The summed E-state index contributed by atoms with van der Waals surface area (Å²) in [4.78, 5) is 0. The van der Waals surface area contributed by atoms with Crippen LogP contribution < -0.4 is 18.9 Å². The molecule has 0 saturated heterocycles. The van der Waals surface area contributed by atoms with Crippen LogP contribution in [-0.4, -0.2) is 13.9 Å². The molecule has 1 atom stereocenters. The maximum absolute atomic E-state index is 5.17. The van der Waals surface area contributed by atoms with Crippen LogP contribution in [0.3, 0.4) is 0 Å². The molecule has 3 heteroatoms. The van der Waals surface area contributed by atoms with Gasteiger partial charge in [0.25, 0.3) is 0 Å². The van der Waals surface area contributed by atoms with Gasteiger partial charge in [0, 0.05) is 7.11 Å². The van der Waals surface area contributed by atoms with Crippen molar-refractivity contribution < 1.29 is 28.3 Å². The van der Waals surface area contributed by atoms with Crippen LogP contribution in [0.5, 0.6) is 0 Å². The molecule has 1 aromatic carbocycles. The number of methoxy groups -OCH3 is 1. The fraction of sp³-hybridized carbons (Fsp3) is 0.417. The molecule has 0 heterocycles. The predicted octanol–water partition coefficient (Wildman–Crippen LogP) is -0.349. The van der Waals surface area contributed by atoms with E-state index >= 15 is 0 Å². The minimum Gasteiger partial charge on any atom is -0.532 e. The first kappa shape index (κ1) is 14.7. The Labute approximate surface area is 104 Å². The van der Waals surface area contributed by atoms with E-state index in [4.69, 9.17) is 9.47 Å². The van der Waals surface area contributed by atoms with Crippen molar-refractivity contribution in [1.29, 1.82) is 0 Å². The van der Waals surface area contributed by atoms with Crippen LogP contribution in [0.2, 0.25) is 0 Å². The smallest absolute Gasteiger partial charge is 0.532 e. The van der Waals surface area contributed by atoms with Gasteiger partial charge in [-0.05, 0) is 0 Å². The maximum atomic E-state index is 5.17. The zero-order chi connectivity index (χ0) is 10.2.